The zero-order valence-electron chi connectivity index (χ0n) is 12.1. The molecule has 0 unspecified atom stereocenters. The van der Waals surface area contributed by atoms with Crippen LogP contribution in [-0.4, -0.2) is 66.3 Å². The number of pyridine rings is 1. The lowest BCUT2D eigenvalue weighted by Crippen LogP contribution is -2.51. The van der Waals surface area contributed by atoms with Gasteiger partial charge in [0.1, 0.15) is 11.9 Å². The number of carbonyl (C=O) groups excluding carboxylic acids is 1. The van der Waals surface area contributed by atoms with Gasteiger partial charge in [-0.2, -0.15) is 0 Å². The first kappa shape index (κ1) is 14.1. The van der Waals surface area contributed by atoms with E-state index in [0.717, 1.165) is 31.7 Å². The molecule has 1 aromatic heterocycles. The Balaban J connectivity index is 1.47. The number of amides is 2. The second-order valence-corrected chi connectivity index (χ2v) is 5.37. The van der Waals surface area contributed by atoms with Gasteiger partial charge in [-0.15, -0.1) is 0 Å². The second kappa shape index (κ2) is 6.76. The molecule has 0 N–H and O–H groups in total. The number of morpholine rings is 1. The third-order valence-corrected chi connectivity index (χ3v) is 3.95. The van der Waals surface area contributed by atoms with Gasteiger partial charge in [-0.1, -0.05) is 0 Å². The summed E-state index contributed by atoms with van der Waals surface area (Å²) in [6.45, 7) is 4.21. The quantitative estimate of drug-likeness (QED) is 0.826. The van der Waals surface area contributed by atoms with Gasteiger partial charge in [0.15, 0.2) is 0 Å². The van der Waals surface area contributed by atoms with Crippen molar-refractivity contribution in [3.8, 4) is 5.75 Å². The lowest BCUT2D eigenvalue weighted by atomic mass is 10.1. The Kier molecular flexibility index (Phi) is 4.55. The van der Waals surface area contributed by atoms with Crippen LogP contribution in [0.25, 0.3) is 0 Å². The first-order valence-electron chi connectivity index (χ1n) is 7.51. The molecule has 2 fully saturated rings. The fourth-order valence-electron chi connectivity index (χ4n) is 2.73. The summed E-state index contributed by atoms with van der Waals surface area (Å²) in [5, 5.41) is 0. The minimum atomic E-state index is 0.140. The van der Waals surface area contributed by atoms with Crippen molar-refractivity contribution in [3.63, 3.8) is 0 Å². The van der Waals surface area contributed by atoms with Crippen molar-refractivity contribution in [1.29, 1.82) is 0 Å². The molecule has 3 rings (SSSR count). The molecule has 2 amide bonds. The summed E-state index contributed by atoms with van der Waals surface area (Å²) in [4.78, 5) is 20.2. The number of aromatic nitrogens is 1. The minimum absolute atomic E-state index is 0.140. The molecule has 1 aromatic rings. The Morgan fingerprint density at radius 3 is 2.38 bits per heavy atom. The van der Waals surface area contributed by atoms with Crippen LogP contribution in [0.1, 0.15) is 12.8 Å². The van der Waals surface area contributed by atoms with Gasteiger partial charge in [-0.25, -0.2) is 4.79 Å². The third kappa shape index (κ3) is 3.64. The van der Waals surface area contributed by atoms with Crippen molar-refractivity contribution in [1.82, 2.24) is 14.8 Å². The van der Waals surface area contributed by atoms with E-state index in [9.17, 15) is 4.79 Å². The first-order chi connectivity index (χ1) is 10.3. The Hall–Kier alpha value is -1.82. The maximum Gasteiger partial charge on any atom is 0.320 e. The maximum atomic E-state index is 12.4. The number of piperidine rings is 1. The zero-order valence-corrected chi connectivity index (χ0v) is 12.1. The minimum Gasteiger partial charge on any atom is -0.490 e. The van der Waals surface area contributed by atoms with E-state index < -0.39 is 0 Å². The molecule has 3 heterocycles. The van der Waals surface area contributed by atoms with Gasteiger partial charge in [-0.05, 0) is 12.1 Å². The lowest BCUT2D eigenvalue weighted by molar-refractivity contribution is 0.0360. The number of hydrogen-bond acceptors (Lipinski definition) is 4. The number of hydrogen-bond donors (Lipinski definition) is 0. The van der Waals surface area contributed by atoms with Crippen LogP contribution in [0.3, 0.4) is 0 Å². The Morgan fingerprint density at radius 1 is 1.10 bits per heavy atom. The molecule has 114 valence electrons. The van der Waals surface area contributed by atoms with E-state index in [0.29, 0.717) is 26.3 Å². The van der Waals surface area contributed by atoms with Crippen LogP contribution in [0.4, 0.5) is 4.79 Å². The van der Waals surface area contributed by atoms with E-state index in [1.165, 1.54) is 0 Å². The molecule has 0 bridgehead atoms. The summed E-state index contributed by atoms with van der Waals surface area (Å²) in [5.74, 6) is 0.850. The Morgan fingerprint density at radius 2 is 1.71 bits per heavy atom. The molecule has 2 saturated heterocycles. The van der Waals surface area contributed by atoms with Gasteiger partial charge in [0.2, 0.25) is 0 Å². The van der Waals surface area contributed by atoms with E-state index in [4.69, 9.17) is 9.47 Å². The fraction of sp³-hybridized carbons (Fsp3) is 0.600. The predicted octanol–water partition coefficient (Wildman–Crippen LogP) is 1.38. The average Bonchev–Trinajstić information content (AvgIpc) is 2.57. The molecule has 0 radical (unpaired) electrons. The summed E-state index contributed by atoms with van der Waals surface area (Å²) >= 11 is 0. The highest BCUT2D eigenvalue weighted by Gasteiger charge is 2.27. The standard InChI is InChI=1S/C15H21N3O3/c19-15(18-9-11-20-12-10-18)17-7-3-14(4-8-17)21-13-1-5-16-6-2-13/h1-2,5-6,14H,3-4,7-12H2. The Bertz CT molecular complexity index is 454. The van der Waals surface area contributed by atoms with Crippen molar-refractivity contribution in [3.05, 3.63) is 24.5 Å². The van der Waals surface area contributed by atoms with E-state index in [1.54, 1.807) is 12.4 Å². The normalized spacial score (nSPS) is 20.4. The SMILES string of the molecule is O=C(N1CCOCC1)N1CCC(Oc2ccncc2)CC1. The second-order valence-electron chi connectivity index (χ2n) is 5.37. The van der Waals surface area contributed by atoms with Crippen LogP contribution in [0.2, 0.25) is 0 Å². The smallest absolute Gasteiger partial charge is 0.320 e. The molecule has 6 nitrogen and oxygen atoms in total. The third-order valence-electron chi connectivity index (χ3n) is 3.95. The highest BCUT2D eigenvalue weighted by molar-refractivity contribution is 5.74. The van der Waals surface area contributed by atoms with Crippen LogP contribution < -0.4 is 4.74 Å². The number of urea groups is 1. The number of rotatable bonds is 2. The molecule has 0 aliphatic carbocycles. The van der Waals surface area contributed by atoms with E-state index >= 15 is 0 Å². The summed E-state index contributed by atoms with van der Waals surface area (Å²) < 4.78 is 11.2. The molecule has 2 aliphatic heterocycles. The van der Waals surface area contributed by atoms with Crippen molar-refractivity contribution < 1.29 is 14.3 Å². The number of nitrogens with zero attached hydrogens (tertiary/aromatic N) is 3. The monoisotopic (exact) mass is 291 g/mol. The predicted molar refractivity (Wildman–Crippen MR) is 77.2 cm³/mol. The van der Waals surface area contributed by atoms with Crippen molar-refractivity contribution in [2.24, 2.45) is 0 Å². The van der Waals surface area contributed by atoms with Gasteiger partial charge in [0.05, 0.1) is 13.2 Å². The van der Waals surface area contributed by atoms with Gasteiger partial charge in [0.25, 0.3) is 0 Å². The zero-order chi connectivity index (χ0) is 14.5. The maximum absolute atomic E-state index is 12.4. The first-order valence-corrected chi connectivity index (χ1v) is 7.51. The van der Waals surface area contributed by atoms with Crippen LogP contribution >= 0.6 is 0 Å². The van der Waals surface area contributed by atoms with Crippen LogP contribution in [0.15, 0.2) is 24.5 Å². The topological polar surface area (TPSA) is 54.9 Å². The molecule has 0 saturated carbocycles. The summed E-state index contributed by atoms with van der Waals surface area (Å²) in [6.07, 6.45) is 5.39. The summed E-state index contributed by atoms with van der Waals surface area (Å²) in [7, 11) is 0. The van der Waals surface area contributed by atoms with Gasteiger partial charge in [-0.3, -0.25) is 4.98 Å². The molecule has 0 aromatic carbocycles. The number of carbonyl (C=O) groups is 1. The lowest BCUT2D eigenvalue weighted by Gasteiger charge is -2.37. The van der Waals surface area contributed by atoms with Crippen molar-refractivity contribution >= 4 is 6.03 Å². The fourth-order valence-corrected chi connectivity index (χ4v) is 2.73. The molecule has 2 aliphatic rings. The highest BCUT2D eigenvalue weighted by Crippen LogP contribution is 2.19. The van der Waals surface area contributed by atoms with E-state index in [2.05, 4.69) is 4.98 Å². The molecular weight excluding hydrogens is 270 g/mol. The van der Waals surface area contributed by atoms with Gasteiger partial charge >= 0.3 is 6.03 Å². The highest BCUT2D eigenvalue weighted by atomic mass is 16.5. The van der Waals surface area contributed by atoms with Gasteiger partial charge in [0, 0.05) is 51.4 Å². The molecular formula is C15H21N3O3. The largest absolute Gasteiger partial charge is 0.490 e. The van der Waals surface area contributed by atoms with E-state index in [-0.39, 0.29) is 12.1 Å². The Labute approximate surface area is 124 Å². The molecule has 6 heteroatoms. The number of likely N-dealkylation sites (tertiary alicyclic amines) is 1. The van der Waals surface area contributed by atoms with Crippen molar-refractivity contribution in [2.75, 3.05) is 39.4 Å². The van der Waals surface area contributed by atoms with Gasteiger partial charge < -0.3 is 19.3 Å². The molecule has 0 spiro atoms. The van der Waals surface area contributed by atoms with Crippen molar-refractivity contribution in [2.45, 2.75) is 18.9 Å². The summed E-state index contributed by atoms with van der Waals surface area (Å²) in [5.41, 5.74) is 0. The van der Waals surface area contributed by atoms with Crippen LogP contribution in [0.5, 0.6) is 5.75 Å². The molecule has 21 heavy (non-hydrogen) atoms. The van der Waals surface area contributed by atoms with Crippen LogP contribution in [0, 0.1) is 0 Å². The van der Waals surface area contributed by atoms with E-state index in [1.807, 2.05) is 21.9 Å². The number of ether oxygens (including phenoxy) is 2. The summed E-state index contributed by atoms with van der Waals surface area (Å²) in [6, 6.07) is 3.87. The molecule has 0 atom stereocenters. The van der Waals surface area contributed by atoms with Crippen LogP contribution in [-0.2, 0) is 4.74 Å². The average molecular weight is 291 g/mol.